The van der Waals surface area contributed by atoms with E-state index in [0.717, 1.165) is 23.8 Å². The van der Waals surface area contributed by atoms with Crippen LogP contribution in [0.15, 0.2) is 18.2 Å². The van der Waals surface area contributed by atoms with Crippen LogP contribution in [0.3, 0.4) is 0 Å². The molecule has 1 aromatic rings. The fourth-order valence-electron chi connectivity index (χ4n) is 2.74. The lowest BCUT2D eigenvalue weighted by Gasteiger charge is -2.21. The van der Waals surface area contributed by atoms with Gasteiger partial charge < -0.3 is 5.32 Å². The Kier molecular flexibility index (Phi) is 4.68. The first-order chi connectivity index (χ1) is 9.79. The summed E-state index contributed by atoms with van der Waals surface area (Å²) >= 11 is 0. The molecule has 21 heavy (non-hydrogen) atoms. The number of nitrogens with one attached hydrogen (secondary N) is 1. The fourth-order valence-corrected chi connectivity index (χ4v) is 3.87. The van der Waals surface area contributed by atoms with E-state index in [1.807, 2.05) is 26.0 Å². The molecule has 1 aliphatic rings. The minimum atomic E-state index is -3.32. The molecular formula is C15H22N2O3S. The lowest BCUT2D eigenvalue weighted by molar-refractivity contribution is -0.124. The molecule has 1 amide bonds. The third-order valence-electron chi connectivity index (χ3n) is 3.88. The van der Waals surface area contributed by atoms with Crippen LogP contribution in [0.1, 0.15) is 29.5 Å². The molecule has 1 N–H and O–H groups in total. The van der Waals surface area contributed by atoms with Gasteiger partial charge in [0, 0.05) is 13.1 Å². The van der Waals surface area contributed by atoms with Crippen molar-refractivity contribution in [3.05, 3.63) is 34.9 Å². The number of carbonyl (C=O) groups is 1. The van der Waals surface area contributed by atoms with E-state index in [1.54, 1.807) is 0 Å². The molecule has 1 atom stereocenters. The Hall–Kier alpha value is -1.40. The molecule has 6 heteroatoms. The van der Waals surface area contributed by atoms with Gasteiger partial charge in [0.15, 0.2) is 0 Å². The number of sulfonamides is 1. The molecule has 0 saturated carbocycles. The molecule has 0 aromatic heterocycles. The van der Waals surface area contributed by atoms with Gasteiger partial charge in [0.05, 0.1) is 6.26 Å². The maximum atomic E-state index is 12.2. The molecule has 1 aliphatic heterocycles. The van der Waals surface area contributed by atoms with E-state index >= 15 is 0 Å². The summed E-state index contributed by atoms with van der Waals surface area (Å²) in [6, 6.07) is 5.51. The van der Waals surface area contributed by atoms with Crippen molar-refractivity contribution >= 4 is 15.9 Å². The van der Waals surface area contributed by atoms with Crippen molar-refractivity contribution < 1.29 is 13.2 Å². The third kappa shape index (κ3) is 3.83. The second-order valence-corrected chi connectivity index (χ2v) is 7.61. The van der Waals surface area contributed by atoms with Crippen molar-refractivity contribution in [2.24, 2.45) is 0 Å². The van der Waals surface area contributed by atoms with Crippen LogP contribution in [0.25, 0.3) is 0 Å². The van der Waals surface area contributed by atoms with Crippen LogP contribution in [-0.4, -0.2) is 37.5 Å². The van der Waals surface area contributed by atoms with Crippen molar-refractivity contribution in [1.82, 2.24) is 9.62 Å². The molecule has 1 aromatic carbocycles. The summed E-state index contributed by atoms with van der Waals surface area (Å²) in [6.45, 7) is 4.89. The van der Waals surface area contributed by atoms with Gasteiger partial charge in [-0.3, -0.25) is 4.79 Å². The summed E-state index contributed by atoms with van der Waals surface area (Å²) in [6.07, 6.45) is 2.48. The second-order valence-electron chi connectivity index (χ2n) is 5.68. The number of carbonyl (C=O) groups excluding carboxylic acids is 1. The van der Waals surface area contributed by atoms with E-state index in [4.69, 9.17) is 0 Å². The number of nitrogens with zero attached hydrogens (tertiary/aromatic N) is 1. The first-order valence-electron chi connectivity index (χ1n) is 7.09. The van der Waals surface area contributed by atoms with E-state index in [1.165, 1.54) is 9.87 Å². The molecule has 0 aliphatic carbocycles. The highest BCUT2D eigenvalue weighted by Crippen LogP contribution is 2.20. The molecule has 0 bridgehead atoms. The smallest absolute Gasteiger partial charge is 0.238 e. The first kappa shape index (κ1) is 16.0. The summed E-state index contributed by atoms with van der Waals surface area (Å²) in [5, 5.41) is 2.86. The number of hydrogen-bond acceptors (Lipinski definition) is 3. The monoisotopic (exact) mass is 310 g/mol. The van der Waals surface area contributed by atoms with Gasteiger partial charge in [-0.2, -0.15) is 4.31 Å². The van der Waals surface area contributed by atoms with Crippen LogP contribution >= 0.6 is 0 Å². The van der Waals surface area contributed by atoms with Crippen molar-refractivity contribution in [2.45, 2.75) is 39.3 Å². The van der Waals surface area contributed by atoms with Crippen LogP contribution in [0.2, 0.25) is 0 Å². The van der Waals surface area contributed by atoms with E-state index in [2.05, 4.69) is 11.4 Å². The van der Waals surface area contributed by atoms with Crippen LogP contribution in [0.4, 0.5) is 0 Å². The minimum Gasteiger partial charge on any atom is -0.351 e. The Bertz CT molecular complexity index is 640. The Morgan fingerprint density at radius 1 is 1.38 bits per heavy atom. The molecule has 1 heterocycles. The number of hydrogen-bond donors (Lipinski definition) is 1. The summed E-state index contributed by atoms with van der Waals surface area (Å²) in [5.41, 5.74) is 3.36. The highest BCUT2D eigenvalue weighted by molar-refractivity contribution is 7.88. The Morgan fingerprint density at radius 2 is 2.10 bits per heavy atom. The zero-order valence-corrected chi connectivity index (χ0v) is 13.5. The summed E-state index contributed by atoms with van der Waals surface area (Å²) in [7, 11) is -3.32. The van der Waals surface area contributed by atoms with Crippen LogP contribution < -0.4 is 5.32 Å². The minimum absolute atomic E-state index is 0.210. The zero-order chi connectivity index (χ0) is 15.6. The number of aryl methyl sites for hydroxylation is 2. The number of amides is 1. The van der Waals surface area contributed by atoms with Crippen molar-refractivity contribution in [1.29, 1.82) is 0 Å². The molecule has 1 saturated heterocycles. The SMILES string of the molecule is Cc1ccc(CNC(=O)C2CCCN2S(C)(=O)=O)c(C)c1. The zero-order valence-electron chi connectivity index (χ0n) is 12.7. The predicted octanol–water partition coefficient (Wildman–Crippen LogP) is 1.34. The topological polar surface area (TPSA) is 66.5 Å². The van der Waals surface area contributed by atoms with Crippen LogP contribution in [-0.2, 0) is 21.4 Å². The van der Waals surface area contributed by atoms with E-state index in [-0.39, 0.29) is 5.91 Å². The summed E-state index contributed by atoms with van der Waals surface area (Å²) < 4.78 is 24.6. The number of rotatable bonds is 4. The maximum Gasteiger partial charge on any atom is 0.238 e. The number of benzene rings is 1. The average Bonchev–Trinajstić information content (AvgIpc) is 2.86. The Balaban J connectivity index is 2.01. The molecular weight excluding hydrogens is 288 g/mol. The van der Waals surface area contributed by atoms with Gasteiger partial charge in [0.1, 0.15) is 6.04 Å². The van der Waals surface area contributed by atoms with Crippen molar-refractivity contribution in [3.8, 4) is 0 Å². The largest absolute Gasteiger partial charge is 0.351 e. The van der Waals surface area contributed by atoms with Crippen molar-refractivity contribution in [2.75, 3.05) is 12.8 Å². The molecule has 116 valence electrons. The molecule has 0 spiro atoms. The van der Waals surface area contributed by atoms with Gasteiger partial charge >= 0.3 is 0 Å². The van der Waals surface area contributed by atoms with Crippen LogP contribution in [0.5, 0.6) is 0 Å². The lowest BCUT2D eigenvalue weighted by atomic mass is 10.1. The van der Waals surface area contributed by atoms with Gasteiger partial charge in [-0.1, -0.05) is 23.8 Å². The third-order valence-corrected chi connectivity index (χ3v) is 5.17. The molecule has 1 unspecified atom stereocenters. The fraction of sp³-hybridized carbons (Fsp3) is 0.533. The Labute approximate surface area is 126 Å². The van der Waals surface area contributed by atoms with Crippen LogP contribution in [0, 0.1) is 13.8 Å². The second kappa shape index (κ2) is 6.15. The average molecular weight is 310 g/mol. The van der Waals surface area contributed by atoms with Gasteiger partial charge in [-0.15, -0.1) is 0 Å². The van der Waals surface area contributed by atoms with E-state index < -0.39 is 16.1 Å². The summed E-state index contributed by atoms with van der Waals surface area (Å²) in [4.78, 5) is 12.2. The summed E-state index contributed by atoms with van der Waals surface area (Å²) in [5.74, 6) is -0.210. The first-order valence-corrected chi connectivity index (χ1v) is 8.94. The highest BCUT2D eigenvalue weighted by Gasteiger charge is 2.36. The normalized spacial score (nSPS) is 19.7. The lowest BCUT2D eigenvalue weighted by Crippen LogP contribution is -2.45. The van der Waals surface area contributed by atoms with E-state index in [9.17, 15) is 13.2 Å². The quantitative estimate of drug-likeness (QED) is 0.913. The Morgan fingerprint density at radius 3 is 2.71 bits per heavy atom. The van der Waals surface area contributed by atoms with Gasteiger partial charge in [0.25, 0.3) is 0 Å². The van der Waals surface area contributed by atoms with Gasteiger partial charge in [-0.25, -0.2) is 8.42 Å². The standard InChI is InChI=1S/C15H22N2O3S/c1-11-6-7-13(12(2)9-11)10-16-15(18)14-5-4-8-17(14)21(3,19)20/h6-7,9,14H,4-5,8,10H2,1-3H3,(H,16,18). The predicted molar refractivity (Wildman–Crippen MR) is 82.3 cm³/mol. The van der Waals surface area contributed by atoms with Crippen molar-refractivity contribution in [3.63, 3.8) is 0 Å². The van der Waals surface area contributed by atoms with Gasteiger partial charge in [-0.05, 0) is 37.8 Å². The molecule has 5 nitrogen and oxygen atoms in total. The highest BCUT2D eigenvalue weighted by atomic mass is 32.2. The van der Waals surface area contributed by atoms with E-state index in [0.29, 0.717) is 19.5 Å². The van der Waals surface area contributed by atoms with Gasteiger partial charge in [0.2, 0.25) is 15.9 Å². The molecule has 0 radical (unpaired) electrons. The molecule has 1 fully saturated rings. The molecule has 2 rings (SSSR count). The maximum absolute atomic E-state index is 12.2.